The lowest BCUT2D eigenvalue weighted by Crippen LogP contribution is -2.27. The first kappa shape index (κ1) is 25.3. The zero-order valence-corrected chi connectivity index (χ0v) is 21.1. The van der Waals surface area contributed by atoms with E-state index in [0.29, 0.717) is 25.0 Å². The predicted molar refractivity (Wildman–Crippen MR) is 138 cm³/mol. The highest BCUT2D eigenvalue weighted by Crippen LogP contribution is 2.44. The molecule has 0 N–H and O–H groups in total. The molecule has 1 amide bonds. The SMILES string of the molecule is C=C1CCC(=O)N1OC(=O)CCc1ccc(C(Cl)(c2ccc(OC)cc2)c2ccc(OC)cc2)cc1. The van der Waals surface area contributed by atoms with Crippen molar-refractivity contribution in [2.24, 2.45) is 0 Å². The number of carbonyl (C=O) groups is 2. The van der Waals surface area contributed by atoms with Gasteiger partial charge in [-0.1, -0.05) is 55.1 Å². The molecule has 0 aliphatic carbocycles. The summed E-state index contributed by atoms with van der Waals surface area (Å²) in [5, 5.41) is 1.01. The van der Waals surface area contributed by atoms with Crippen molar-refractivity contribution in [1.82, 2.24) is 5.06 Å². The maximum atomic E-state index is 12.3. The average molecular weight is 506 g/mol. The van der Waals surface area contributed by atoms with Crippen LogP contribution < -0.4 is 9.47 Å². The molecule has 1 fully saturated rings. The van der Waals surface area contributed by atoms with E-state index in [1.54, 1.807) is 14.2 Å². The second kappa shape index (κ2) is 10.9. The largest absolute Gasteiger partial charge is 0.497 e. The molecule has 0 atom stereocenters. The molecular formula is C29H28ClNO5. The highest BCUT2D eigenvalue weighted by Gasteiger charge is 2.34. The fourth-order valence-corrected chi connectivity index (χ4v) is 4.56. The van der Waals surface area contributed by atoms with Gasteiger partial charge in [-0.15, -0.1) is 16.7 Å². The maximum Gasteiger partial charge on any atom is 0.333 e. The Labute approximate surface area is 216 Å². The van der Waals surface area contributed by atoms with Crippen molar-refractivity contribution in [1.29, 1.82) is 0 Å². The van der Waals surface area contributed by atoms with Crippen LogP contribution in [0.4, 0.5) is 0 Å². The standard InChI is InChI=1S/C29H28ClNO5/c1-20-4-18-27(32)31(20)36-28(33)19-7-21-5-8-22(9-6-21)29(30,23-10-14-25(34-2)15-11-23)24-12-16-26(35-3)17-13-24/h5-6,8-17H,1,4,7,18-19H2,2-3H3. The Morgan fingerprint density at radius 2 is 1.33 bits per heavy atom. The minimum atomic E-state index is -0.952. The van der Waals surface area contributed by atoms with Crippen molar-refractivity contribution >= 4 is 23.5 Å². The molecule has 1 saturated heterocycles. The third-order valence-corrected chi connectivity index (χ3v) is 6.93. The molecule has 4 rings (SSSR count). The Hall–Kier alpha value is -3.77. The summed E-state index contributed by atoms with van der Waals surface area (Å²) in [4.78, 5) is 28.3. The van der Waals surface area contributed by atoms with E-state index >= 15 is 0 Å². The first-order valence-corrected chi connectivity index (χ1v) is 12.0. The van der Waals surface area contributed by atoms with Gasteiger partial charge in [0.2, 0.25) is 0 Å². The molecule has 6 nitrogen and oxygen atoms in total. The van der Waals surface area contributed by atoms with Crippen LogP contribution in [-0.2, 0) is 25.7 Å². The fourth-order valence-electron chi connectivity index (χ4n) is 4.18. The number of hydrogen-bond acceptors (Lipinski definition) is 5. The van der Waals surface area contributed by atoms with Crippen LogP contribution in [-0.4, -0.2) is 31.2 Å². The fraction of sp³-hybridized carbons (Fsp3) is 0.241. The molecule has 7 heteroatoms. The molecule has 0 unspecified atom stereocenters. The van der Waals surface area contributed by atoms with E-state index in [-0.39, 0.29) is 12.3 Å². The summed E-state index contributed by atoms with van der Waals surface area (Å²) >= 11 is 7.41. The number of rotatable bonds is 9. The number of hydroxylamine groups is 2. The summed E-state index contributed by atoms with van der Waals surface area (Å²) in [5.74, 6) is 0.773. The Kier molecular flexibility index (Phi) is 7.65. The smallest absolute Gasteiger partial charge is 0.333 e. The predicted octanol–water partition coefficient (Wildman–Crippen LogP) is 5.76. The zero-order valence-electron chi connectivity index (χ0n) is 20.3. The molecule has 0 saturated carbocycles. The minimum absolute atomic E-state index is 0.138. The summed E-state index contributed by atoms with van der Waals surface area (Å²) < 4.78 is 10.6. The monoisotopic (exact) mass is 505 g/mol. The lowest BCUT2D eigenvalue weighted by Gasteiger charge is -2.29. The second-order valence-corrected chi connectivity index (χ2v) is 9.10. The van der Waals surface area contributed by atoms with Crippen molar-refractivity contribution in [3.63, 3.8) is 0 Å². The van der Waals surface area contributed by atoms with Gasteiger partial charge in [0.15, 0.2) is 0 Å². The van der Waals surface area contributed by atoms with Gasteiger partial charge in [-0.3, -0.25) is 4.79 Å². The van der Waals surface area contributed by atoms with Crippen molar-refractivity contribution in [2.45, 2.75) is 30.6 Å². The van der Waals surface area contributed by atoms with Gasteiger partial charge >= 0.3 is 5.97 Å². The number of methoxy groups -OCH3 is 2. The van der Waals surface area contributed by atoms with Gasteiger partial charge in [0.1, 0.15) is 16.4 Å². The number of allylic oxidation sites excluding steroid dienone is 1. The van der Waals surface area contributed by atoms with Crippen LogP contribution in [0.1, 0.15) is 41.5 Å². The van der Waals surface area contributed by atoms with Gasteiger partial charge in [-0.05, 0) is 59.4 Å². The van der Waals surface area contributed by atoms with Crippen molar-refractivity contribution in [2.75, 3.05) is 14.2 Å². The van der Waals surface area contributed by atoms with E-state index < -0.39 is 10.8 Å². The highest BCUT2D eigenvalue weighted by atomic mass is 35.5. The van der Waals surface area contributed by atoms with Crippen LogP contribution in [0.2, 0.25) is 0 Å². The average Bonchev–Trinajstić information content (AvgIpc) is 3.24. The van der Waals surface area contributed by atoms with Crippen LogP contribution in [0.15, 0.2) is 85.1 Å². The van der Waals surface area contributed by atoms with Gasteiger partial charge in [0.05, 0.1) is 26.3 Å². The summed E-state index contributed by atoms with van der Waals surface area (Å²) in [7, 11) is 3.25. The van der Waals surface area contributed by atoms with Crippen molar-refractivity contribution in [3.8, 4) is 11.5 Å². The van der Waals surface area contributed by atoms with Crippen LogP contribution in [0.5, 0.6) is 11.5 Å². The third kappa shape index (κ3) is 5.24. The molecule has 0 radical (unpaired) electrons. The molecule has 1 heterocycles. The Bertz CT molecular complexity index is 1170. The van der Waals surface area contributed by atoms with E-state index in [2.05, 4.69) is 6.58 Å². The molecule has 1 aliphatic rings. The number of ether oxygens (including phenoxy) is 2. The molecular weight excluding hydrogens is 478 g/mol. The van der Waals surface area contributed by atoms with Gasteiger partial charge < -0.3 is 14.3 Å². The number of aryl methyl sites for hydroxylation is 1. The number of nitrogens with zero attached hydrogens (tertiary/aromatic N) is 1. The highest BCUT2D eigenvalue weighted by molar-refractivity contribution is 6.28. The van der Waals surface area contributed by atoms with Crippen LogP contribution in [0.3, 0.4) is 0 Å². The van der Waals surface area contributed by atoms with E-state index in [1.807, 2.05) is 72.8 Å². The first-order chi connectivity index (χ1) is 17.3. The normalized spacial score (nSPS) is 13.6. The van der Waals surface area contributed by atoms with Gasteiger partial charge in [-0.2, -0.15) is 0 Å². The molecule has 0 spiro atoms. The molecule has 36 heavy (non-hydrogen) atoms. The summed E-state index contributed by atoms with van der Waals surface area (Å²) in [6, 6.07) is 23.2. The third-order valence-electron chi connectivity index (χ3n) is 6.28. The summed E-state index contributed by atoms with van der Waals surface area (Å²) in [5.41, 5.74) is 4.12. The molecule has 3 aromatic rings. The van der Waals surface area contributed by atoms with E-state index in [9.17, 15) is 9.59 Å². The second-order valence-electron chi connectivity index (χ2n) is 8.53. The van der Waals surface area contributed by atoms with Crippen molar-refractivity contribution in [3.05, 3.63) is 107 Å². The van der Waals surface area contributed by atoms with E-state index in [1.165, 1.54) is 0 Å². The van der Waals surface area contributed by atoms with Gasteiger partial charge in [-0.25, -0.2) is 4.79 Å². The molecule has 3 aromatic carbocycles. The number of hydrogen-bond donors (Lipinski definition) is 0. The number of carbonyl (C=O) groups excluding carboxylic acids is 2. The number of benzene rings is 3. The lowest BCUT2D eigenvalue weighted by atomic mass is 9.83. The van der Waals surface area contributed by atoms with Gasteiger partial charge in [0.25, 0.3) is 5.91 Å². The molecule has 1 aliphatic heterocycles. The van der Waals surface area contributed by atoms with E-state index in [0.717, 1.165) is 38.8 Å². The van der Waals surface area contributed by atoms with Crippen LogP contribution >= 0.6 is 11.6 Å². The summed E-state index contributed by atoms with van der Waals surface area (Å²) in [6.45, 7) is 3.76. The van der Waals surface area contributed by atoms with E-state index in [4.69, 9.17) is 25.9 Å². The number of alkyl halides is 1. The number of halogens is 1. The lowest BCUT2D eigenvalue weighted by molar-refractivity contribution is -0.186. The quantitative estimate of drug-likeness (QED) is 0.273. The Morgan fingerprint density at radius 1 is 0.861 bits per heavy atom. The number of amides is 1. The topological polar surface area (TPSA) is 65.1 Å². The Balaban J connectivity index is 1.54. The Morgan fingerprint density at radius 3 is 1.75 bits per heavy atom. The summed E-state index contributed by atoms with van der Waals surface area (Å²) in [6.07, 6.45) is 1.43. The minimum Gasteiger partial charge on any atom is -0.497 e. The molecule has 0 aromatic heterocycles. The molecule has 186 valence electrons. The van der Waals surface area contributed by atoms with Crippen molar-refractivity contribution < 1.29 is 23.9 Å². The van der Waals surface area contributed by atoms with Gasteiger partial charge in [0, 0.05) is 6.42 Å². The van der Waals surface area contributed by atoms with Crippen LogP contribution in [0.25, 0.3) is 0 Å². The first-order valence-electron chi connectivity index (χ1n) is 11.6. The maximum absolute atomic E-state index is 12.3. The van der Waals surface area contributed by atoms with Crippen LogP contribution in [0, 0.1) is 0 Å². The zero-order chi connectivity index (χ0) is 25.7. The molecule has 0 bridgehead atoms.